The first-order chi connectivity index (χ1) is 13.8. The summed E-state index contributed by atoms with van der Waals surface area (Å²) in [6.45, 7) is 5.69. The van der Waals surface area contributed by atoms with E-state index in [1.807, 2.05) is 44.2 Å². The molecule has 0 saturated carbocycles. The molecule has 1 aromatic carbocycles. The van der Waals surface area contributed by atoms with E-state index in [0.29, 0.717) is 40.7 Å². The first-order valence-electron chi connectivity index (χ1n) is 9.73. The number of hydrogen-bond donors (Lipinski definition) is 1. The van der Waals surface area contributed by atoms with E-state index in [4.69, 9.17) is 4.74 Å². The quantitative estimate of drug-likeness (QED) is 0.643. The van der Waals surface area contributed by atoms with Gasteiger partial charge in [0.15, 0.2) is 5.60 Å². The molecular formula is C24H25NO4. The number of aromatic nitrogens is 1. The van der Waals surface area contributed by atoms with E-state index < -0.39 is 11.6 Å². The summed E-state index contributed by atoms with van der Waals surface area (Å²) < 4.78 is 6.68. The highest BCUT2D eigenvalue weighted by Crippen LogP contribution is 2.34. The maximum atomic E-state index is 12.6. The topological polar surface area (TPSA) is 68.5 Å². The maximum absolute atomic E-state index is 12.6. The van der Waals surface area contributed by atoms with E-state index in [-0.39, 0.29) is 12.2 Å². The third-order valence-corrected chi connectivity index (χ3v) is 5.24. The zero-order chi connectivity index (χ0) is 21.2. The van der Waals surface area contributed by atoms with Gasteiger partial charge in [0, 0.05) is 36.4 Å². The molecule has 1 aromatic heterocycles. The highest BCUT2D eigenvalue weighted by Gasteiger charge is 2.31. The van der Waals surface area contributed by atoms with Gasteiger partial charge < -0.3 is 14.4 Å². The largest absolute Gasteiger partial charge is 0.462 e. The van der Waals surface area contributed by atoms with Crippen LogP contribution in [0.1, 0.15) is 49.4 Å². The zero-order valence-corrected chi connectivity index (χ0v) is 17.2. The van der Waals surface area contributed by atoms with Crippen molar-refractivity contribution >= 4 is 11.5 Å². The van der Waals surface area contributed by atoms with Gasteiger partial charge in [0.2, 0.25) is 0 Å². The molecule has 1 N–H and O–H groups in total. The number of allylic oxidation sites excluding steroid dienone is 1. The highest BCUT2D eigenvalue weighted by molar-refractivity contribution is 6.19. The second-order valence-corrected chi connectivity index (χ2v) is 7.19. The van der Waals surface area contributed by atoms with Crippen molar-refractivity contribution < 1.29 is 14.6 Å². The normalized spacial score (nSPS) is 14.7. The van der Waals surface area contributed by atoms with Gasteiger partial charge in [0.25, 0.3) is 5.56 Å². The molecule has 1 unspecified atom stereocenters. The third kappa shape index (κ3) is 3.76. The summed E-state index contributed by atoms with van der Waals surface area (Å²) in [6, 6.07) is 9.25. The van der Waals surface area contributed by atoms with Gasteiger partial charge in [-0.25, -0.2) is 4.79 Å². The zero-order valence-electron chi connectivity index (χ0n) is 17.2. The summed E-state index contributed by atoms with van der Waals surface area (Å²) in [7, 11) is 1.66. The summed E-state index contributed by atoms with van der Waals surface area (Å²) in [4.78, 5) is 25.2. The second kappa shape index (κ2) is 8.10. The van der Waals surface area contributed by atoms with Crippen molar-refractivity contribution in [2.75, 3.05) is 6.61 Å². The lowest BCUT2D eigenvalue weighted by Crippen LogP contribution is -2.24. The lowest BCUT2D eigenvalue weighted by atomic mass is 9.91. The smallest absolute Gasteiger partial charge is 0.338 e. The molecule has 5 heteroatoms. The SMILES string of the molecule is CCOC(=O)C1=C(C)Cc2c1c(C#CC(O)(CC)c1ccccc1)cn(C)c2=O. The lowest BCUT2D eigenvalue weighted by Gasteiger charge is -2.21. The van der Waals surface area contributed by atoms with Crippen LogP contribution in [0, 0.1) is 11.8 Å². The van der Waals surface area contributed by atoms with Gasteiger partial charge in [-0.05, 0) is 25.8 Å². The number of nitrogens with zero attached hydrogens (tertiary/aromatic N) is 1. The Bertz CT molecular complexity index is 1100. The molecule has 1 heterocycles. The number of aryl methyl sites for hydroxylation is 1. The highest BCUT2D eigenvalue weighted by atomic mass is 16.5. The van der Waals surface area contributed by atoms with Crippen molar-refractivity contribution in [1.29, 1.82) is 0 Å². The predicted molar refractivity (Wildman–Crippen MR) is 112 cm³/mol. The number of ether oxygens (including phenoxy) is 1. The molecule has 0 radical (unpaired) electrons. The van der Waals surface area contributed by atoms with Crippen molar-refractivity contribution in [3.8, 4) is 11.8 Å². The number of esters is 1. The lowest BCUT2D eigenvalue weighted by molar-refractivity contribution is -0.136. The summed E-state index contributed by atoms with van der Waals surface area (Å²) in [5.74, 6) is 5.58. The molecular weight excluding hydrogens is 366 g/mol. The molecule has 3 rings (SSSR count). The Morgan fingerprint density at radius 2 is 1.97 bits per heavy atom. The van der Waals surface area contributed by atoms with Crippen LogP contribution in [0.3, 0.4) is 0 Å². The van der Waals surface area contributed by atoms with E-state index >= 15 is 0 Å². The minimum absolute atomic E-state index is 0.155. The summed E-state index contributed by atoms with van der Waals surface area (Å²) >= 11 is 0. The Morgan fingerprint density at radius 3 is 2.59 bits per heavy atom. The van der Waals surface area contributed by atoms with Crippen LogP contribution >= 0.6 is 0 Å². The fourth-order valence-corrected chi connectivity index (χ4v) is 3.64. The minimum atomic E-state index is -1.33. The van der Waals surface area contributed by atoms with Crippen molar-refractivity contribution in [2.45, 2.75) is 39.2 Å². The molecule has 1 aliphatic rings. The molecule has 0 aliphatic heterocycles. The van der Waals surface area contributed by atoms with Gasteiger partial charge in [0.05, 0.1) is 12.2 Å². The van der Waals surface area contributed by atoms with E-state index in [1.165, 1.54) is 4.57 Å². The van der Waals surface area contributed by atoms with Crippen LogP contribution in [-0.4, -0.2) is 22.2 Å². The fourth-order valence-electron chi connectivity index (χ4n) is 3.64. The van der Waals surface area contributed by atoms with Crippen molar-refractivity contribution in [3.63, 3.8) is 0 Å². The molecule has 0 saturated heterocycles. The number of benzene rings is 1. The monoisotopic (exact) mass is 391 g/mol. The van der Waals surface area contributed by atoms with Gasteiger partial charge in [-0.15, -0.1) is 0 Å². The predicted octanol–water partition coefficient (Wildman–Crippen LogP) is 2.93. The molecule has 29 heavy (non-hydrogen) atoms. The van der Waals surface area contributed by atoms with Crippen molar-refractivity contribution in [1.82, 2.24) is 4.57 Å². The Kier molecular flexibility index (Phi) is 5.76. The van der Waals surface area contributed by atoms with Crippen molar-refractivity contribution in [3.05, 3.63) is 74.7 Å². The summed E-state index contributed by atoms with van der Waals surface area (Å²) in [6.07, 6.45) is 2.41. The van der Waals surface area contributed by atoms with Crippen LogP contribution in [0.4, 0.5) is 0 Å². The van der Waals surface area contributed by atoms with Gasteiger partial charge >= 0.3 is 5.97 Å². The van der Waals surface area contributed by atoms with Crippen LogP contribution in [-0.2, 0) is 28.6 Å². The van der Waals surface area contributed by atoms with E-state index in [0.717, 1.165) is 5.57 Å². The van der Waals surface area contributed by atoms with Gasteiger partial charge in [-0.3, -0.25) is 4.79 Å². The van der Waals surface area contributed by atoms with Crippen molar-refractivity contribution in [2.24, 2.45) is 7.05 Å². The van der Waals surface area contributed by atoms with Gasteiger partial charge in [-0.2, -0.15) is 0 Å². The summed E-state index contributed by atoms with van der Waals surface area (Å²) in [5, 5.41) is 11.1. The Balaban J connectivity index is 2.18. The minimum Gasteiger partial charge on any atom is -0.462 e. The van der Waals surface area contributed by atoms with Gasteiger partial charge in [0.1, 0.15) is 0 Å². The van der Waals surface area contributed by atoms with E-state index in [9.17, 15) is 14.7 Å². The number of pyridine rings is 1. The molecule has 150 valence electrons. The second-order valence-electron chi connectivity index (χ2n) is 7.19. The maximum Gasteiger partial charge on any atom is 0.338 e. The number of hydrogen-bond acceptors (Lipinski definition) is 4. The average Bonchev–Trinajstić information content (AvgIpc) is 3.07. The number of rotatable bonds is 4. The Labute approximate surface area is 170 Å². The standard InChI is InChI=1S/C24H25NO4/c1-5-24(28,18-10-8-7-9-11-18)13-12-17-15-25(4)22(26)19-14-16(3)20(21(17)19)23(27)29-6-2/h7-11,15,28H,5-6,14H2,1-4H3. The van der Waals surface area contributed by atoms with Crippen LogP contribution in [0.15, 0.2) is 46.9 Å². The summed E-state index contributed by atoms with van der Waals surface area (Å²) in [5.41, 5.74) is 2.02. The first-order valence-corrected chi connectivity index (χ1v) is 9.73. The third-order valence-electron chi connectivity index (χ3n) is 5.24. The molecule has 0 amide bonds. The Hall–Kier alpha value is -3.10. The molecule has 1 aliphatic carbocycles. The molecule has 0 spiro atoms. The number of carbonyl (C=O) groups is 1. The van der Waals surface area contributed by atoms with E-state index in [1.54, 1.807) is 20.2 Å². The number of aliphatic hydroxyl groups is 1. The van der Waals surface area contributed by atoms with Crippen LogP contribution in [0.25, 0.3) is 5.57 Å². The van der Waals surface area contributed by atoms with Crippen LogP contribution < -0.4 is 5.56 Å². The molecule has 2 aromatic rings. The van der Waals surface area contributed by atoms with E-state index in [2.05, 4.69) is 11.8 Å². The van der Waals surface area contributed by atoms with Crippen LogP contribution in [0.5, 0.6) is 0 Å². The first kappa shape index (κ1) is 20.6. The number of carbonyl (C=O) groups excluding carboxylic acids is 1. The number of fused-ring (bicyclic) bond motifs is 1. The molecule has 5 nitrogen and oxygen atoms in total. The average molecular weight is 391 g/mol. The molecule has 1 atom stereocenters. The molecule has 0 fully saturated rings. The molecule has 0 bridgehead atoms. The Morgan fingerprint density at radius 1 is 1.28 bits per heavy atom. The van der Waals surface area contributed by atoms with Crippen LogP contribution in [0.2, 0.25) is 0 Å². The fraction of sp³-hybridized carbons (Fsp3) is 0.333. The van der Waals surface area contributed by atoms with Gasteiger partial charge in [-0.1, -0.05) is 54.7 Å².